The Hall–Kier alpha value is -2.05. The van der Waals surface area contributed by atoms with E-state index >= 15 is 0 Å². The fourth-order valence-corrected chi connectivity index (χ4v) is 1.14. The lowest BCUT2D eigenvalue weighted by molar-refractivity contribution is -0.137. The molecule has 0 aromatic carbocycles. The van der Waals surface area contributed by atoms with Crippen molar-refractivity contribution < 1.29 is 14.7 Å². The number of nitrogens with one attached hydrogen (secondary N) is 1. The van der Waals surface area contributed by atoms with Gasteiger partial charge in [0.05, 0.1) is 18.4 Å². The molecular weight excluding hydrogens is 212 g/mol. The minimum atomic E-state index is -1.06. The first-order valence-corrected chi connectivity index (χ1v) is 4.67. The summed E-state index contributed by atoms with van der Waals surface area (Å²) in [6, 6.07) is 0. The zero-order chi connectivity index (χ0) is 12.1. The second-order valence-corrected chi connectivity index (χ2v) is 3.40. The van der Waals surface area contributed by atoms with Crippen LogP contribution in [0, 0.1) is 0 Å². The number of carboxylic acids is 1. The van der Waals surface area contributed by atoms with Gasteiger partial charge in [-0.1, -0.05) is 0 Å². The predicted molar refractivity (Wildman–Crippen MR) is 57.1 cm³/mol. The first kappa shape index (κ1) is 12.0. The molecule has 0 unspecified atom stereocenters. The molecule has 0 saturated heterocycles. The number of carbonyl (C=O) groups excluding carboxylic acids is 1. The number of amides is 1. The van der Waals surface area contributed by atoms with Gasteiger partial charge in [-0.05, 0) is 0 Å². The number of aromatic nitrogens is 2. The molecular formula is C9H14N4O3. The van der Waals surface area contributed by atoms with Gasteiger partial charge in [-0.15, -0.1) is 0 Å². The van der Waals surface area contributed by atoms with Crippen LogP contribution in [-0.4, -0.2) is 46.9 Å². The van der Waals surface area contributed by atoms with E-state index in [2.05, 4.69) is 10.4 Å². The van der Waals surface area contributed by atoms with E-state index in [4.69, 9.17) is 5.11 Å². The van der Waals surface area contributed by atoms with Crippen LogP contribution in [0.25, 0.3) is 0 Å². The number of nitrogens with zero attached hydrogens (tertiary/aromatic N) is 3. The van der Waals surface area contributed by atoms with E-state index in [1.807, 2.05) is 0 Å². The monoisotopic (exact) mass is 226 g/mol. The van der Waals surface area contributed by atoms with Crippen LogP contribution in [0.15, 0.2) is 12.4 Å². The molecule has 7 nitrogen and oxygen atoms in total. The van der Waals surface area contributed by atoms with Crippen LogP contribution in [0.4, 0.5) is 5.69 Å². The summed E-state index contributed by atoms with van der Waals surface area (Å²) in [4.78, 5) is 23.2. The summed E-state index contributed by atoms with van der Waals surface area (Å²) in [5.41, 5.74) is 0.799. The molecule has 1 rings (SSSR count). The highest BCUT2D eigenvalue weighted by Gasteiger charge is 2.09. The fraction of sp³-hybridized carbons (Fsp3) is 0.444. The largest absolute Gasteiger partial charge is 0.480 e. The maximum atomic E-state index is 11.3. The Morgan fingerprint density at radius 3 is 2.81 bits per heavy atom. The summed E-state index contributed by atoms with van der Waals surface area (Å²) in [6.07, 6.45) is 3.40. The standard InChI is InChI=1S/C9H14N4O3/c1-12(7-3-11-13(2)5-7)6-8(14)10-4-9(15)16/h3,5H,4,6H2,1-2H3,(H,10,14)(H,15,16). The van der Waals surface area contributed by atoms with Crippen molar-refractivity contribution >= 4 is 17.6 Å². The maximum absolute atomic E-state index is 11.3. The van der Waals surface area contributed by atoms with E-state index in [1.165, 1.54) is 0 Å². The Labute approximate surface area is 92.7 Å². The van der Waals surface area contributed by atoms with Gasteiger partial charge in [-0.2, -0.15) is 5.10 Å². The molecule has 1 aromatic rings. The topological polar surface area (TPSA) is 87.5 Å². The average Bonchev–Trinajstić information content (AvgIpc) is 2.62. The van der Waals surface area contributed by atoms with Crippen LogP contribution in [0.2, 0.25) is 0 Å². The van der Waals surface area contributed by atoms with Gasteiger partial charge in [0.1, 0.15) is 6.54 Å². The highest BCUT2D eigenvalue weighted by atomic mass is 16.4. The van der Waals surface area contributed by atoms with Crippen LogP contribution in [0.5, 0.6) is 0 Å². The summed E-state index contributed by atoms with van der Waals surface area (Å²) in [7, 11) is 3.51. The third-order valence-corrected chi connectivity index (χ3v) is 1.95. The summed E-state index contributed by atoms with van der Waals surface area (Å²) in [6.45, 7) is -0.265. The molecule has 7 heteroatoms. The quantitative estimate of drug-likeness (QED) is 0.676. The van der Waals surface area contributed by atoms with E-state index < -0.39 is 5.97 Å². The number of likely N-dealkylation sites (N-methyl/N-ethyl adjacent to an activating group) is 1. The molecule has 0 bridgehead atoms. The molecule has 88 valence electrons. The van der Waals surface area contributed by atoms with Crippen LogP contribution < -0.4 is 10.2 Å². The SMILES string of the molecule is CN(CC(=O)NCC(=O)O)c1cnn(C)c1. The van der Waals surface area contributed by atoms with Gasteiger partial charge in [-0.25, -0.2) is 0 Å². The Morgan fingerprint density at radius 2 is 2.31 bits per heavy atom. The van der Waals surface area contributed by atoms with Crippen molar-refractivity contribution in [2.45, 2.75) is 0 Å². The molecule has 0 atom stereocenters. The summed E-state index contributed by atoms with van der Waals surface area (Å²) < 4.78 is 1.63. The molecule has 0 aliphatic carbocycles. The number of carbonyl (C=O) groups is 2. The Kier molecular flexibility index (Phi) is 3.87. The lowest BCUT2D eigenvalue weighted by atomic mass is 10.4. The van der Waals surface area contributed by atoms with Crippen LogP contribution >= 0.6 is 0 Å². The maximum Gasteiger partial charge on any atom is 0.322 e. The molecule has 0 radical (unpaired) electrons. The first-order chi connectivity index (χ1) is 7.49. The third kappa shape index (κ3) is 3.60. The van der Waals surface area contributed by atoms with E-state index in [0.29, 0.717) is 0 Å². The molecule has 0 saturated carbocycles. The summed E-state index contributed by atoms with van der Waals surface area (Å²) in [5, 5.41) is 14.6. The van der Waals surface area contributed by atoms with Gasteiger partial charge in [0.15, 0.2) is 0 Å². The first-order valence-electron chi connectivity index (χ1n) is 4.67. The zero-order valence-corrected chi connectivity index (χ0v) is 9.17. The molecule has 16 heavy (non-hydrogen) atoms. The van der Waals surface area contributed by atoms with Gasteiger partial charge in [0.25, 0.3) is 0 Å². The van der Waals surface area contributed by atoms with Gasteiger partial charge >= 0.3 is 5.97 Å². The fourth-order valence-electron chi connectivity index (χ4n) is 1.14. The minimum Gasteiger partial charge on any atom is -0.480 e. The highest BCUT2D eigenvalue weighted by Crippen LogP contribution is 2.08. The van der Waals surface area contributed by atoms with Gasteiger partial charge in [0.2, 0.25) is 5.91 Å². The molecule has 0 spiro atoms. The number of anilines is 1. The molecule has 0 fully saturated rings. The van der Waals surface area contributed by atoms with Crippen molar-refractivity contribution in [1.82, 2.24) is 15.1 Å². The molecule has 1 amide bonds. The molecule has 1 heterocycles. The van der Waals surface area contributed by atoms with Gasteiger partial charge in [0, 0.05) is 20.3 Å². The number of carboxylic acid groups (broad SMARTS) is 1. The number of rotatable bonds is 5. The van der Waals surface area contributed by atoms with Crippen molar-refractivity contribution in [3.63, 3.8) is 0 Å². The van der Waals surface area contributed by atoms with E-state index in [1.54, 1.807) is 36.1 Å². The Bertz CT molecular complexity index is 388. The van der Waals surface area contributed by atoms with Crippen molar-refractivity contribution in [3.8, 4) is 0 Å². The number of hydrogen-bond acceptors (Lipinski definition) is 4. The van der Waals surface area contributed by atoms with E-state index in [0.717, 1.165) is 5.69 Å². The summed E-state index contributed by atoms with van der Waals surface area (Å²) in [5.74, 6) is -1.40. The molecule has 0 aliphatic rings. The number of aliphatic carboxylic acids is 1. The lowest BCUT2D eigenvalue weighted by Gasteiger charge is -2.15. The second-order valence-electron chi connectivity index (χ2n) is 3.40. The van der Waals surface area contributed by atoms with Crippen molar-refractivity contribution in [2.75, 3.05) is 25.0 Å². The normalized spacial score (nSPS) is 9.88. The predicted octanol–water partition coefficient (Wildman–Crippen LogP) is -0.943. The highest BCUT2D eigenvalue weighted by molar-refractivity contribution is 5.84. The second kappa shape index (κ2) is 5.15. The lowest BCUT2D eigenvalue weighted by Crippen LogP contribution is -2.37. The van der Waals surface area contributed by atoms with Crippen LogP contribution in [0.1, 0.15) is 0 Å². The van der Waals surface area contributed by atoms with Crippen molar-refractivity contribution in [2.24, 2.45) is 7.05 Å². The van der Waals surface area contributed by atoms with Crippen LogP contribution in [0.3, 0.4) is 0 Å². The zero-order valence-electron chi connectivity index (χ0n) is 9.17. The van der Waals surface area contributed by atoms with Crippen LogP contribution in [-0.2, 0) is 16.6 Å². The average molecular weight is 226 g/mol. The minimum absolute atomic E-state index is 0.0962. The Morgan fingerprint density at radius 1 is 1.62 bits per heavy atom. The van der Waals surface area contributed by atoms with E-state index in [9.17, 15) is 9.59 Å². The smallest absolute Gasteiger partial charge is 0.322 e. The summed E-state index contributed by atoms with van der Waals surface area (Å²) >= 11 is 0. The van der Waals surface area contributed by atoms with E-state index in [-0.39, 0.29) is 19.0 Å². The van der Waals surface area contributed by atoms with Gasteiger partial charge < -0.3 is 15.3 Å². The number of hydrogen-bond donors (Lipinski definition) is 2. The third-order valence-electron chi connectivity index (χ3n) is 1.95. The molecule has 0 aliphatic heterocycles. The number of aryl methyl sites for hydroxylation is 1. The van der Waals surface area contributed by atoms with Crippen molar-refractivity contribution in [1.29, 1.82) is 0 Å². The van der Waals surface area contributed by atoms with Gasteiger partial charge in [-0.3, -0.25) is 14.3 Å². The molecule has 1 aromatic heterocycles. The molecule has 2 N–H and O–H groups in total. The van der Waals surface area contributed by atoms with Crippen molar-refractivity contribution in [3.05, 3.63) is 12.4 Å². The Balaban J connectivity index is 2.42.